The van der Waals surface area contributed by atoms with Gasteiger partial charge in [-0.1, -0.05) is 39.5 Å². The minimum atomic E-state index is 0.731. The minimum absolute atomic E-state index is 0.731. The van der Waals surface area contributed by atoms with Crippen molar-refractivity contribution < 1.29 is 0 Å². The van der Waals surface area contributed by atoms with E-state index in [4.69, 9.17) is 0 Å². The van der Waals surface area contributed by atoms with Crippen molar-refractivity contribution >= 4 is 0 Å². The van der Waals surface area contributed by atoms with Gasteiger partial charge in [0, 0.05) is 12.6 Å². The third-order valence-electron chi connectivity index (χ3n) is 4.88. The highest BCUT2D eigenvalue weighted by atomic mass is 15.2. The van der Waals surface area contributed by atoms with Crippen LogP contribution in [0, 0.1) is 11.8 Å². The standard InChI is InChI=1S/C17H34N2/c1-15(2)13-17-14-19(12-6-10-18-17)11-5-9-16-7-3-4-8-16/h15-18H,3-14H2,1-2H3. The average Bonchev–Trinajstić information content (AvgIpc) is 2.77. The Balaban J connectivity index is 1.65. The van der Waals surface area contributed by atoms with Crippen LogP contribution in [0.3, 0.4) is 0 Å². The molecule has 2 fully saturated rings. The highest BCUT2D eigenvalue weighted by molar-refractivity contribution is 4.78. The molecule has 1 unspecified atom stereocenters. The molecule has 0 aromatic rings. The number of nitrogens with zero attached hydrogens (tertiary/aromatic N) is 1. The molecule has 1 saturated heterocycles. The maximum Gasteiger partial charge on any atom is 0.0197 e. The highest BCUT2D eigenvalue weighted by Crippen LogP contribution is 2.28. The lowest BCUT2D eigenvalue weighted by Crippen LogP contribution is -2.39. The van der Waals surface area contributed by atoms with E-state index in [1.165, 1.54) is 77.5 Å². The van der Waals surface area contributed by atoms with Crippen molar-refractivity contribution in [3.63, 3.8) is 0 Å². The second-order valence-corrected chi connectivity index (χ2v) is 7.23. The van der Waals surface area contributed by atoms with E-state index in [0.29, 0.717) is 0 Å². The van der Waals surface area contributed by atoms with E-state index in [9.17, 15) is 0 Å². The molecular formula is C17H34N2. The fraction of sp³-hybridized carbons (Fsp3) is 1.00. The van der Waals surface area contributed by atoms with Crippen LogP contribution < -0.4 is 5.32 Å². The molecule has 1 N–H and O–H groups in total. The Morgan fingerprint density at radius 2 is 1.95 bits per heavy atom. The summed E-state index contributed by atoms with van der Waals surface area (Å²) >= 11 is 0. The van der Waals surface area contributed by atoms with Gasteiger partial charge in [0.25, 0.3) is 0 Å². The van der Waals surface area contributed by atoms with Crippen molar-refractivity contribution in [2.75, 3.05) is 26.2 Å². The van der Waals surface area contributed by atoms with Crippen LogP contribution in [0.4, 0.5) is 0 Å². The molecule has 1 aliphatic heterocycles. The van der Waals surface area contributed by atoms with Crippen LogP contribution in [0.2, 0.25) is 0 Å². The molecule has 1 atom stereocenters. The van der Waals surface area contributed by atoms with Crippen molar-refractivity contribution in [3.05, 3.63) is 0 Å². The summed E-state index contributed by atoms with van der Waals surface area (Å²) in [5.74, 6) is 1.88. The molecule has 1 heterocycles. The van der Waals surface area contributed by atoms with E-state index >= 15 is 0 Å². The molecule has 0 aromatic carbocycles. The molecule has 19 heavy (non-hydrogen) atoms. The van der Waals surface area contributed by atoms with Crippen LogP contribution in [-0.2, 0) is 0 Å². The Kier molecular flexibility index (Phi) is 6.66. The van der Waals surface area contributed by atoms with Crippen LogP contribution in [0.25, 0.3) is 0 Å². The summed E-state index contributed by atoms with van der Waals surface area (Å²) in [7, 11) is 0. The molecule has 0 aromatic heterocycles. The predicted octanol–water partition coefficient (Wildman–Crippen LogP) is 3.67. The van der Waals surface area contributed by atoms with Crippen LogP contribution in [0.5, 0.6) is 0 Å². The summed E-state index contributed by atoms with van der Waals surface area (Å²) in [6.07, 6.45) is 11.6. The Morgan fingerprint density at radius 3 is 2.68 bits per heavy atom. The minimum Gasteiger partial charge on any atom is -0.313 e. The molecule has 2 nitrogen and oxygen atoms in total. The second kappa shape index (κ2) is 8.26. The number of rotatable bonds is 6. The zero-order valence-electron chi connectivity index (χ0n) is 13.2. The number of hydrogen-bond donors (Lipinski definition) is 1. The van der Waals surface area contributed by atoms with Gasteiger partial charge in [0.05, 0.1) is 0 Å². The zero-order chi connectivity index (χ0) is 13.5. The fourth-order valence-electron chi connectivity index (χ4n) is 3.91. The first-order chi connectivity index (χ1) is 9.24. The summed E-state index contributed by atoms with van der Waals surface area (Å²) in [5, 5.41) is 3.73. The van der Waals surface area contributed by atoms with Crippen LogP contribution >= 0.6 is 0 Å². The largest absolute Gasteiger partial charge is 0.313 e. The summed E-state index contributed by atoms with van der Waals surface area (Å²) in [6, 6.07) is 0.731. The maximum absolute atomic E-state index is 3.73. The third-order valence-corrected chi connectivity index (χ3v) is 4.88. The lowest BCUT2D eigenvalue weighted by atomic mass is 10.0. The molecule has 0 bridgehead atoms. The van der Waals surface area contributed by atoms with Gasteiger partial charge in [0.2, 0.25) is 0 Å². The summed E-state index contributed by atoms with van der Waals surface area (Å²) in [5.41, 5.74) is 0. The topological polar surface area (TPSA) is 15.3 Å². The van der Waals surface area contributed by atoms with Gasteiger partial charge in [-0.2, -0.15) is 0 Å². The molecule has 2 rings (SSSR count). The van der Waals surface area contributed by atoms with Gasteiger partial charge >= 0.3 is 0 Å². The van der Waals surface area contributed by atoms with Gasteiger partial charge < -0.3 is 10.2 Å². The summed E-state index contributed by atoms with van der Waals surface area (Å²) in [6.45, 7) is 9.84. The first-order valence-corrected chi connectivity index (χ1v) is 8.70. The van der Waals surface area contributed by atoms with Crippen molar-refractivity contribution in [3.8, 4) is 0 Å². The smallest absolute Gasteiger partial charge is 0.0197 e. The second-order valence-electron chi connectivity index (χ2n) is 7.23. The van der Waals surface area contributed by atoms with Crippen LogP contribution in [0.15, 0.2) is 0 Å². The maximum atomic E-state index is 3.73. The zero-order valence-corrected chi connectivity index (χ0v) is 13.2. The molecule has 112 valence electrons. The Labute approximate surface area is 120 Å². The Bertz CT molecular complexity index is 233. The van der Waals surface area contributed by atoms with E-state index < -0.39 is 0 Å². The van der Waals surface area contributed by atoms with E-state index in [1.54, 1.807) is 0 Å². The van der Waals surface area contributed by atoms with Crippen molar-refractivity contribution in [2.45, 2.75) is 71.3 Å². The van der Waals surface area contributed by atoms with Crippen LogP contribution in [0.1, 0.15) is 65.2 Å². The highest BCUT2D eigenvalue weighted by Gasteiger charge is 2.19. The van der Waals surface area contributed by atoms with E-state index in [-0.39, 0.29) is 0 Å². The first-order valence-electron chi connectivity index (χ1n) is 8.70. The molecule has 0 spiro atoms. The predicted molar refractivity (Wildman–Crippen MR) is 83.5 cm³/mol. The van der Waals surface area contributed by atoms with E-state index in [2.05, 4.69) is 24.1 Å². The molecular weight excluding hydrogens is 232 g/mol. The normalized spacial score (nSPS) is 27.0. The average molecular weight is 266 g/mol. The third kappa shape index (κ3) is 5.83. The number of hydrogen-bond acceptors (Lipinski definition) is 2. The monoisotopic (exact) mass is 266 g/mol. The van der Waals surface area contributed by atoms with E-state index in [0.717, 1.165) is 17.9 Å². The molecule has 0 radical (unpaired) electrons. The quantitative estimate of drug-likeness (QED) is 0.789. The van der Waals surface area contributed by atoms with Gasteiger partial charge in [-0.05, 0) is 57.2 Å². The summed E-state index contributed by atoms with van der Waals surface area (Å²) < 4.78 is 0. The van der Waals surface area contributed by atoms with Gasteiger partial charge in [0.1, 0.15) is 0 Å². The number of nitrogens with one attached hydrogen (secondary N) is 1. The summed E-state index contributed by atoms with van der Waals surface area (Å²) in [4.78, 5) is 2.72. The van der Waals surface area contributed by atoms with E-state index in [1.807, 2.05) is 0 Å². The van der Waals surface area contributed by atoms with Gasteiger partial charge in [-0.15, -0.1) is 0 Å². The fourth-order valence-corrected chi connectivity index (χ4v) is 3.91. The molecule has 2 aliphatic rings. The van der Waals surface area contributed by atoms with Crippen molar-refractivity contribution in [1.82, 2.24) is 10.2 Å². The Morgan fingerprint density at radius 1 is 1.16 bits per heavy atom. The molecule has 1 aliphatic carbocycles. The molecule has 0 amide bonds. The van der Waals surface area contributed by atoms with Gasteiger partial charge in [-0.3, -0.25) is 0 Å². The lowest BCUT2D eigenvalue weighted by molar-refractivity contribution is 0.245. The molecule has 1 saturated carbocycles. The van der Waals surface area contributed by atoms with Gasteiger partial charge in [0.15, 0.2) is 0 Å². The van der Waals surface area contributed by atoms with Crippen LogP contribution in [-0.4, -0.2) is 37.1 Å². The van der Waals surface area contributed by atoms with Crippen molar-refractivity contribution in [1.29, 1.82) is 0 Å². The Hall–Kier alpha value is -0.0800. The SMILES string of the molecule is CC(C)CC1CN(CCCC2CCCC2)CCCN1. The van der Waals surface area contributed by atoms with Gasteiger partial charge in [-0.25, -0.2) is 0 Å². The molecule has 2 heteroatoms. The van der Waals surface area contributed by atoms with Crippen molar-refractivity contribution in [2.24, 2.45) is 11.8 Å². The lowest BCUT2D eigenvalue weighted by Gasteiger charge is -2.25. The first kappa shape index (κ1) is 15.3.